The highest BCUT2D eigenvalue weighted by molar-refractivity contribution is 7.92. The largest absolute Gasteiger partial charge is 0.504 e. The Kier molecular flexibility index (Phi) is 8.84. The Hall–Kier alpha value is -3.65. The molecule has 0 bridgehead atoms. The zero-order valence-electron chi connectivity index (χ0n) is 22.6. The topological polar surface area (TPSA) is 233 Å². The number of phenolic OH excluding ortho intramolecular Hbond substituents is 1. The van der Waals surface area contributed by atoms with Crippen LogP contribution in [0.15, 0.2) is 72.5 Å². The Morgan fingerprint density at radius 2 is 1.55 bits per heavy atom. The summed E-state index contributed by atoms with van der Waals surface area (Å²) in [5, 5.41) is 22.8. The molecule has 0 aromatic heterocycles. The van der Waals surface area contributed by atoms with Gasteiger partial charge in [0.1, 0.15) is 4.90 Å². The van der Waals surface area contributed by atoms with Gasteiger partial charge in [-0.05, 0) is 68.3 Å². The lowest BCUT2D eigenvalue weighted by Gasteiger charge is -2.17. The highest BCUT2D eigenvalue weighted by Crippen LogP contribution is 2.37. The van der Waals surface area contributed by atoms with Crippen LogP contribution in [0.25, 0.3) is 0 Å². The van der Waals surface area contributed by atoms with Crippen LogP contribution in [0.5, 0.6) is 5.75 Å². The lowest BCUT2D eigenvalue weighted by molar-refractivity contribution is -0.117. The minimum absolute atomic E-state index is 0.0179. The number of hydrogen-bond donors (Lipinski definition) is 4. The number of halogens is 2. The summed E-state index contributed by atoms with van der Waals surface area (Å²) in [5.41, 5.74) is 0.0163. The minimum Gasteiger partial charge on any atom is -0.504 e. The maximum atomic E-state index is 13.2. The molecule has 0 saturated carbocycles. The molecule has 3 aromatic rings. The van der Waals surface area contributed by atoms with Crippen LogP contribution >= 0.6 is 23.2 Å². The van der Waals surface area contributed by atoms with E-state index in [0.29, 0.717) is 0 Å². The van der Waals surface area contributed by atoms with Crippen molar-refractivity contribution in [2.45, 2.75) is 41.5 Å². The number of aryl methyl sites for hydroxylation is 2. The molecule has 15 nitrogen and oxygen atoms in total. The first-order chi connectivity index (χ1) is 20.2. The second-order valence-electron chi connectivity index (χ2n) is 9.39. The average Bonchev–Trinajstić information content (AvgIpc) is 3.16. The number of phenols is 1. The molecular formula is C24H21Cl2N5O10S3. The van der Waals surface area contributed by atoms with Gasteiger partial charge in [-0.2, -0.15) is 37.2 Å². The van der Waals surface area contributed by atoms with Gasteiger partial charge in [-0.1, -0.05) is 29.3 Å². The van der Waals surface area contributed by atoms with Gasteiger partial charge < -0.3 is 5.11 Å². The molecule has 0 saturated heterocycles. The fourth-order valence-corrected chi connectivity index (χ4v) is 7.32. The van der Waals surface area contributed by atoms with E-state index in [9.17, 15) is 44.3 Å². The number of hydrazone groups is 1. The zero-order chi connectivity index (χ0) is 32.9. The van der Waals surface area contributed by atoms with E-state index in [0.717, 1.165) is 35.3 Å². The number of rotatable bonds is 8. The van der Waals surface area contributed by atoms with Crippen LogP contribution in [-0.4, -0.2) is 57.1 Å². The first-order valence-corrected chi connectivity index (χ1v) is 17.0. The molecule has 1 aliphatic heterocycles. The molecule has 0 aliphatic carbocycles. The highest BCUT2D eigenvalue weighted by Gasteiger charge is 2.37. The van der Waals surface area contributed by atoms with Crippen molar-refractivity contribution in [2.24, 2.45) is 15.3 Å². The molecule has 234 valence electrons. The molecule has 0 fully saturated rings. The molecule has 1 atom stereocenters. The van der Waals surface area contributed by atoms with Crippen LogP contribution in [0.2, 0.25) is 10.0 Å². The number of carbonyl (C=O) groups excluding carboxylic acids is 1. The molecule has 1 aliphatic rings. The molecule has 1 heterocycles. The third kappa shape index (κ3) is 6.70. The smallest absolute Gasteiger partial charge is 0.298 e. The standard InChI is InChI=1S/C24H21Cl2N5O10S3/c1-11-4-5-15(9-19(11)42(34,35)30-18-7-14(25)8-20(23(18)32)44(39,40)41)27-28-21-13(3)29-31(24(21)33)22-12(2)6-16(10-17(22)26)43(36,37)38/h4-10,21,30,32H,1-3H3,(H,36,37,38)(H,39,40,41). The molecule has 4 N–H and O–H groups in total. The summed E-state index contributed by atoms with van der Waals surface area (Å²) in [5.74, 6) is -1.79. The summed E-state index contributed by atoms with van der Waals surface area (Å²) >= 11 is 12.1. The maximum absolute atomic E-state index is 13.2. The molecule has 44 heavy (non-hydrogen) atoms. The van der Waals surface area contributed by atoms with Crippen LogP contribution in [-0.2, 0) is 35.1 Å². The summed E-state index contributed by atoms with van der Waals surface area (Å²) in [6.45, 7) is 4.38. The minimum atomic E-state index is -4.95. The fourth-order valence-electron chi connectivity index (χ4n) is 4.08. The van der Waals surface area contributed by atoms with Crippen molar-refractivity contribution in [3.8, 4) is 5.75 Å². The van der Waals surface area contributed by atoms with Crippen LogP contribution in [0.1, 0.15) is 18.1 Å². The van der Waals surface area contributed by atoms with Gasteiger partial charge >= 0.3 is 0 Å². The van der Waals surface area contributed by atoms with E-state index in [1.807, 2.05) is 4.72 Å². The van der Waals surface area contributed by atoms with Gasteiger partial charge in [0.05, 0.1) is 37.6 Å². The van der Waals surface area contributed by atoms with Crippen molar-refractivity contribution in [3.05, 3.63) is 63.6 Å². The van der Waals surface area contributed by atoms with Crippen molar-refractivity contribution < 1.29 is 44.3 Å². The van der Waals surface area contributed by atoms with E-state index >= 15 is 0 Å². The Labute approximate surface area is 261 Å². The lowest BCUT2D eigenvalue weighted by Crippen LogP contribution is -2.30. The summed E-state index contributed by atoms with van der Waals surface area (Å²) in [6, 6.07) is 6.37. The van der Waals surface area contributed by atoms with Crippen LogP contribution < -0.4 is 9.73 Å². The Bertz CT molecular complexity index is 2100. The van der Waals surface area contributed by atoms with Gasteiger partial charge in [-0.25, -0.2) is 8.42 Å². The van der Waals surface area contributed by atoms with E-state index in [-0.39, 0.29) is 43.2 Å². The lowest BCUT2D eigenvalue weighted by atomic mass is 10.1. The number of nitrogens with one attached hydrogen (secondary N) is 1. The van der Waals surface area contributed by atoms with E-state index in [2.05, 4.69) is 15.3 Å². The SMILES string of the molecule is CC1=NN(c2c(C)cc(S(=O)(=O)O)cc2Cl)C(=O)C1N=Nc1ccc(C)c(S(=O)(=O)Nc2cc(Cl)cc(S(=O)(=O)O)c2O)c1. The number of anilines is 2. The van der Waals surface area contributed by atoms with E-state index in [1.165, 1.54) is 32.9 Å². The van der Waals surface area contributed by atoms with E-state index < -0.39 is 63.4 Å². The molecule has 0 radical (unpaired) electrons. The van der Waals surface area contributed by atoms with Gasteiger partial charge in [0, 0.05) is 5.02 Å². The van der Waals surface area contributed by atoms with Crippen molar-refractivity contribution in [1.29, 1.82) is 0 Å². The molecular weight excluding hydrogens is 685 g/mol. The molecule has 3 aromatic carbocycles. The average molecular weight is 707 g/mol. The first-order valence-electron chi connectivity index (χ1n) is 11.9. The Morgan fingerprint density at radius 3 is 2.14 bits per heavy atom. The van der Waals surface area contributed by atoms with Gasteiger partial charge in [0.15, 0.2) is 11.8 Å². The normalized spacial score (nSPS) is 16.1. The molecule has 20 heteroatoms. The van der Waals surface area contributed by atoms with Crippen LogP contribution in [0.3, 0.4) is 0 Å². The number of aromatic hydroxyl groups is 1. The van der Waals surface area contributed by atoms with Crippen molar-refractivity contribution in [1.82, 2.24) is 0 Å². The first kappa shape index (κ1) is 33.2. The monoisotopic (exact) mass is 705 g/mol. The van der Waals surface area contributed by atoms with Gasteiger partial charge in [0.2, 0.25) is 0 Å². The molecule has 1 unspecified atom stereocenters. The third-order valence-electron chi connectivity index (χ3n) is 6.15. The second-order valence-corrected chi connectivity index (χ2v) is 14.7. The quantitative estimate of drug-likeness (QED) is 0.146. The van der Waals surface area contributed by atoms with E-state index in [4.69, 9.17) is 23.2 Å². The Balaban J connectivity index is 1.63. The fraction of sp³-hybridized carbons (Fsp3) is 0.167. The van der Waals surface area contributed by atoms with Crippen LogP contribution in [0, 0.1) is 13.8 Å². The predicted octanol–water partition coefficient (Wildman–Crippen LogP) is 4.49. The zero-order valence-corrected chi connectivity index (χ0v) is 26.5. The summed E-state index contributed by atoms with van der Waals surface area (Å²) in [7, 11) is -14.0. The molecule has 0 spiro atoms. The molecule has 1 amide bonds. The number of benzene rings is 3. The van der Waals surface area contributed by atoms with Crippen LogP contribution in [0.4, 0.5) is 17.1 Å². The van der Waals surface area contributed by atoms with Gasteiger partial charge in [-0.15, -0.1) is 0 Å². The van der Waals surface area contributed by atoms with Crippen molar-refractivity contribution in [3.63, 3.8) is 0 Å². The number of azo groups is 1. The van der Waals surface area contributed by atoms with Crippen molar-refractivity contribution in [2.75, 3.05) is 9.73 Å². The third-order valence-corrected chi connectivity index (χ3v) is 9.86. The summed E-state index contributed by atoms with van der Waals surface area (Å²) in [4.78, 5) is 11.4. The maximum Gasteiger partial charge on any atom is 0.298 e. The van der Waals surface area contributed by atoms with E-state index in [1.54, 1.807) is 0 Å². The second kappa shape index (κ2) is 11.7. The van der Waals surface area contributed by atoms with Crippen molar-refractivity contribution >= 4 is 82.1 Å². The number of sulfonamides is 1. The number of hydrogen-bond acceptors (Lipinski definition) is 11. The summed E-state index contributed by atoms with van der Waals surface area (Å²) in [6.07, 6.45) is 0. The highest BCUT2D eigenvalue weighted by atomic mass is 35.5. The number of carbonyl (C=O) groups is 1. The predicted molar refractivity (Wildman–Crippen MR) is 160 cm³/mol. The summed E-state index contributed by atoms with van der Waals surface area (Å²) < 4.78 is 93.3. The van der Waals surface area contributed by atoms with Gasteiger partial charge in [-0.3, -0.25) is 18.6 Å². The number of amides is 1. The Morgan fingerprint density at radius 1 is 0.886 bits per heavy atom. The van der Waals surface area contributed by atoms with Gasteiger partial charge in [0.25, 0.3) is 36.2 Å². The molecule has 4 rings (SSSR count). The number of nitrogens with zero attached hydrogens (tertiary/aromatic N) is 4.